The largest absolute Gasteiger partial charge is 0.477 e. The number of nitrogens with zero attached hydrogens (tertiary/aromatic N) is 1. The minimum atomic E-state index is -0.379. The number of anilines is 1. The molecular weight excluding hydrogens is 358 g/mol. The van der Waals surface area contributed by atoms with Gasteiger partial charge >= 0.3 is 0 Å². The maximum Gasteiger partial charge on any atom is 0.291 e. The van der Waals surface area contributed by atoms with Gasteiger partial charge < -0.3 is 19.8 Å². The molecule has 28 heavy (non-hydrogen) atoms. The topological polar surface area (TPSA) is 93.5 Å². The zero-order chi connectivity index (χ0) is 19.8. The van der Waals surface area contributed by atoms with Crippen LogP contribution in [0.3, 0.4) is 0 Å². The molecule has 0 bridgehead atoms. The van der Waals surface area contributed by atoms with Crippen molar-refractivity contribution in [2.75, 3.05) is 11.9 Å². The van der Waals surface area contributed by atoms with E-state index in [0.717, 1.165) is 12.0 Å². The third-order valence-electron chi connectivity index (χ3n) is 3.86. The van der Waals surface area contributed by atoms with E-state index in [1.807, 2.05) is 13.0 Å². The molecule has 3 aromatic rings. The Balaban J connectivity index is 1.63. The average molecular weight is 379 g/mol. The van der Waals surface area contributed by atoms with E-state index in [1.54, 1.807) is 48.7 Å². The standard InChI is InChI=1S/C21H21N3O4/c1-2-11-28-21-16(7-4-10-22-21)14-23-19(25)15-6-3-8-17(13-15)24-20(26)18-9-5-12-27-18/h3-10,12-13H,2,11,14H2,1H3,(H,23,25)(H,24,26). The lowest BCUT2D eigenvalue weighted by Gasteiger charge is -2.11. The van der Waals surface area contributed by atoms with E-state index in [2.05, 4.69) is 15.6 Å². The van der Waals surface area contributed by atoms with Gasteiger partial charge in [-0.3, -0.25) is 9.59 Å². The van der Waals surface area contributed by atoms with Crippen molar-refractivity contribution in [3.63, 3.8) is 0 Å². The molecule has 0 saturated heterocycles. The third kappa shape index (κ3) is 4.97. The summed E-state index contributed by atoms with van der Waals surface area (Å²) in [6.07, 6.45) is 3.95. The molecule has 2 amide bonds. The minimum absolute atomic E-state index is 0.200. The number of amides is 2. The molecule has 2 heterocycles. The molecule has 0 spiro atoms. The summed E-state index contributed by atoms with van der Waals surface area (Å²) in [5.41, 5.74) is 1.73. The Bertz CT molecular complexity index is 938. The molecule has 0 saturated carbocycles. The zero-order valence-corrected chi connectivity index (χ0v) is 15.5. The number of furan rings is 1. The lowest BCUT2D eigenvalue weighted by Crippen LogP contribution is -2.23. The van der Waals surface area contributed by atoms with E-state index in [4.69, 9.17) is 9.15 Å². The van der Waals surface area contributed by atoms with Crippen LogP contribution in [0.25, 0.3) is 0 Å². The average Bonchev–Trinajstić information content (AvgIpc) is 3.26. The second-order valence-corrected chi connectivity index (χ2v) is 6.01. The van der Waals surface area contributed by atoms with Gasteiger partial charge in [0.15, 0.2) is 5.76 Å². The molecule has 7 nitrogen and oxygen atoms in total. The molecule has 2 N–H and O–H groups in total. The SMILES string of the molecule is CCCOc1ncccc1CNC(=O)c1cccc(NC(=O)c2ccco2)c1. The van der Waals surface area contributed by atoms with Crippen LogP contribution >= 0.6 is 0 Å². The number of carbonyl (C=O) groups is 2. The lowest BCUT2D eigenvalue weighted by atomic mass is 10.1. The molecule has 2 aromatic heterocycles. The van der Waals surface area contributed by atoms with Crippen molar-refractivity contribution >= 4 is 17.5 Å². The second-order valence-electron chi connectivity index (χ2n) is 6.01. The maximum atomic E-state index is 12.5. The number of pyridine rings is 1. The van der Waals surface area contributed by atoms with Gasteiger partial charge in [0.2, 0.25) is 5.88 Å². The van der Waals surface area contributed by atoms with E-state index in [0.29, 0.717) is 23.7 Å². The highest BCUT2D eigenvalue weighted by atomic mass is 16.5. The number of aromatic nitrogens is 1. The summed E-state index contributed by atoms with van der Waals surface area (Å²) < 4.78 is 10.7. The minimum Gasteiger partial charge on any atom is -0.477 e. The number of nitrogens with one attached hydrogen (secondary N) is 2. The Hall–Kier alpha value is -3.61. The van der Waals surface area contributed by atoms with Crippen molar-refractivity contribution in [3.8, 4) is 5.88 Å². The monoisotopic (exact) mass is 379 g/mol. The first kappa shape index (κ1) is 19.2. The molecule has 0 aliphatic carbocycles. The first-order valence-electron chi connectivity index (χ1n) is 8.97. The van der Waals surface area contributed by atoms with Crippen LogP contribution in [0.2, 0.25) is 0 Å². The summed E-state index contributed by atoms with van der Waals surface area (Å²) in [5, 5.41) is 5.55. The summed E-state index contributed by atoms with van der Waals surface area (Å²) in [7, 11) is 0. The number of benzene rings is 1. The Kier molecular flexibility index (Phi) is 6.41. The molecule has 7 heteroatoms. The Morgan fingerprint density at radius 2 is 2.00 bits per heavy atom. The van der Waals surface area contributed by atoms with E-state index in [9.17, 15) is 9.59 Å². The second kappa shape index (κ2) is 9.36. The van der Waals surface area contributed by atoms with Crippen LogP contribution in [0.5, 0.6) is 5.88 Å². The molecule has 1 aromatic carbocycles. The smallest absolute Gasteiger partial charge is 0.291 e. The van der Waals surface area contributed by atoms with Crippen molar-refractivity contribution in [2.45, 2.75) is 19.9 Å². The predicted molar refractivity (Wildman–Crippen MR) is 104 cm³/mol. The number of ether oxygens (including phenoxy) is 1. The van der Waals surface area contributed by atoms with Crippen molar-refractivity contribution in [2.24, 2.45) is 0 Å². The molecule has 0 fully saturated rings. The van der Waals surface area contributed by atoms with Gasteiger partial charge in [-0.05, 0) is 42.8 Å². The van der Waals surface area contributed by atoms with Gasteiger partial charge in [0.25, 0.3) is 11.8 Å². The molecule has 3 rings (SSSR count). The van der Waals surface area contributed by atoms with Gasteiger partial charge in [-0.25, -0.2) is 4.98 Å². The van der Waals surface area contributed by atoms with Gasteiger partial charge in [0.05, 0.1) is 12.9 Å². The van der Waals surface area contributed by atoms with E-state index >= 15 is 0 Å². The summed E-state index contributed by atoms with van der Waals surface area (Å²) in [6, 6.07) is 13.5. The fourth-order valence-corrected chi connectivity index (χ4v) is 2.50. The molecule has 144 valence electrons. The molecule has 0 aliphatic rings. The molecule has 0 aliphatic heterocycles. The first-order chi connectivity index (χ1) is 13.7. The van der Waals surface area contributed by atoms with Gasteiger partial charge in [-0.1, -0.05) is 19.1 Å². The Labute approximate surface area is 162 Å². The number of rotatable bonds is 8. The van der Waals surface area contributed by atoms with Crippen LogP contribution in [0.4, 0.5) is 5.69 Å². The predicted octanol–water partition coefficient (Wildman–Crippen LogP) is 3.65. The van der Waals surface area contributed by atoms with Gasteiger partial charge in [-0.2, -0.15) is 0 Å². The molecular formula is C21H21N3O4. The van der Waals surface area contributed by atoms with Crippen LogP contribution in [0.15, 0.2) is 65.4 Å². The molecule has 0 unspecified atom stereocenters. The van der Waals surface area contributed by atoms with Crippen molar-refractivity contribution in [1.29, 1.82) is 0 Å². The van der Waals surface area contributed by atoms with Crippen molar-refractivity contribution < 1.29 is 18.7 Å². The normalized spacial score (nSPS) is 10.3. The number of carbonyl (C=O) groups excluding carboxylic acids is 2. The van der Waals surface area contributed by atoms with Gasteiger partial charge in [0.1, 0.15) is 0 Å². The summed E-state index contributed by atoms with van der Waals surface area (Å²) in [6.45, 7) is 2.87. The van der Waals surface area contributed by atoms with Crippen molar-refractivity contribution in [1.82, 2.24) is 10.3 Å². The van der Waals surface area contributed by atoms with E-state index in [-0.39, 0.29) is 24.1 Å². The first-order valence-corrected chi connectivity index (χ1v) is 8.97. The van der Waals surface area contributed by atoms with E-state index in [1.165, 1.54) is 6.26 Å². The molecule has 0 radical (unpaired) electrons. The van der Waals surface area contributed by atoms with Gasteiger partial charge in [0, 0.05) is 29.6 Å². The quantitative estimate of drug-likeness (QED) is 0.623. The fourth-order valence-electron chi connectivity index (χ4n) is 2.50. The maximum absolute atomic E-state index is 12.5. The number of hydrogen-bond acceptors (Lipinski definition) is 5. The summed E-state index contributed by atoms with van der Waals surface area (Å²) in [5.74, 6) is 0.0742. The Morgan fingerprint density at radius 3 is 2.79 bits per heavy atom. The Morgan fingerprint density at radius 1 is 1.11 bits per heavy atom. The van der Waals surface area contributed by atoms with Crippen LogP contribution in [-0.4, -0.2) is 23.4 Å². The van der Waals surface area contributed by atoms with E-state index < -0.39 is 0 Å². The highest BCUT2D eigenvalue weighted by Crippen LogP contribution is 2.16. The summed E-state index contributed by atoms with van der Waals surface area (Å²) in [4.78, 5) is 28.8. The van der Waals surface area contributed by atoms with Gasteiger partial charge in [-0.15, -0.1) is 0 Å². The van der Waals surface area contributed by atoms with Crippen LogP contribution in [0.1, 0.15) is 39.8 Å². The number of hydrogen-bond donors (Lipinski definition) is 2. The van der Waals surface area contributed by atoms with Crippen LogP contribution < -0.4 is 15.4 Å². The third-order valence-corrected chi connectivity index (χ3v) is 3.86. The lowest BCUT2D eigenvalue weighted by molar-refractivity contribution is 0.0948. The van der Waals surface area contributed by atoms with Crippen molar-refractivity contribution in [3.05, 3.63) is 77.9 Å². The highest BCUT2D eigenvalue weighted by Gasteiger charge is 2.12. The molecule has 0 atom stereocenters. The highest BCUT2D eigenvalue weighted by molar-refractivity contribution is 6.03. The fraction of sp³-hybridized carbons (Fsp3) is 0.190. The van der Waals surface area contributed by atoms with Crippen LogP contribution in [-0.2, 0) is 6.54 Å². The summed E-state index contributed by atoms with van der Waals surface area (Å²) >= 11 is 0. The van der Waals surface area contributed by atoms with Crippen LogP contribution in [0, 0.1) is 0 Å². The zero-order valence-electron chi connectivity index (χ0n) is 15.5.